The van der Waals surface area contributed by atoms with E-state index in [4.69, 9.17) is 10.5 Å². The van der Waals surface area contributed by atoms with E-state index in [0.717, 1.165) is 0 Å². The van der Waals surface area contributed by atoms with Crippen LogP contribution < -0.4 is 5.73 Å². The van der Waals surface area contributed by atoms with E-state index >= 15 is 0 Å². The third-order valence-electron chi connectivity index (χ3n) is 4.79. The van der Waals surface area contributed by atoms with Crippen molar-refractivity contribution in [2.75, 3.05) is 27.8 Å². The topological polar surface area (TPSA) is 112 Å². The van der Waals surface area contributed by atoms with Gasteiger partial charge in [-0.05, 0) is 6.07 Å². The first-order valence-corrected chi connectivity index (χ1v) is 8.70. The summed E-state index contributed by atoms with van der Waals surface area (Å²) in [6.45, 7) is 0.534. The fraction of sp³-hybridized carbons (Fsp3) is 0.300. The van der Waals surface area contributed by atoms with Gasteiger partial charge in [-0.25, -0.2) is 4.79 Å². The third kappa shape index (κ3) is 3.28. The Labute approximate surface area is 161 Å². The number of methoxy groups -OCH3 is 2. The van der Waals surface area contributed by atoms with E-state index in [1.54, 1.807) is 24.1 Å². The molecule has 28 heavy (non-hydrogen) atoms. The van der Waals surface area contributed by atoms with E-state index in [1.165, 1.54) is 14.2 Å². The first kappa shape index (κ1) is 19.3. The van der Waals surface area contributed by atoms with Crippen molar-refractivity contribution in [2.45, 2.75) is 12.8 Å². The summed E-state index contributed by atoms with van der Waals surface area (Å²) in [5.41, 5.74) is 8.34. The standard InChI is InChI=1S/C20H21N3O5/c1-23-9-8-14-17(19(23)25)16(11-6-4-5-7-13(11)22-14)18(21)12(20(26)28-3)10-15(24)27-2/h4-7H,8-10,21H2,1-3H3/b18-12-. The van der Waals surface area contributed by atoms with Crippen LogP contribution in [0.1, 0.15) is 28.0 Å². The van der Waals surface area contributed by atoms with E-state index < -0.39 is 11.9 Å². The van der Waals surface area contributed by atoms with Crippen molar-refractivity contribution in [3.8, 4) is 0 Å². The predicted molar refractivity (Wildman–Crippen MR) is 102 cm³/mol. The highest BCUT2D eigenvalue weighted by Gasteiger charge is 2.31. The number of amides is 1. The highest BCUT2D eigenvalue weighted by molar-refractivity contribution is 6.11. The van der Waals surface area contributed by atoms with Crippen molar-refractivity contribution in [3.63, 3.8) is 0 Å². The number of esters is 2. The molecule has 0 radical (unpaired) electrons. The maximum absolute atomic E-state index is 12.9. The maximum Gasteiger partial charge on any atom is 0.336 e. The number of fused-ring (bicyclic) bond motifs is 2. The largest absolute Gasteiger partial charge is 0.469 e. The van der Waals surface area contributed by atoms with Gasteiger partial charge < -0.3 is 20.1 Å². The van der Waals surface area contributed by atoms with E-state index in [0.29, 0.717) is 40.7 Å². The summed E-state index contributed by atoms with van der Waals surface area (Å²) in [6.07, 6.45) is 0.192. The number of nitrogens with two attached hydrogens (primary N) is 1. The van der Waals surface area contributed by atoms with Crippen LogP contribution in [0, 0.1) is 0 Å². The van der Waals surface area contributed by atoms with Crippen molar-refractivity contribution in [2.24, 2.45) is 5.73 Å². The minimum absolute atomic E-state index is 0.00995. The van der Waals surface area contributed by atoms with Gasteiger partial charge in [-0.15, -0.1) is 0 Å². The van der Waals surface area contributed by atoms with Crippen LogP contribution in [0.25, 0.3) is 16.6 Å². The van der Waals surface area contributed by atoms with Crippen LogP contribution in [0.2, 0.25) is 0 Å². The first-order valence-electron chi connectivity index (χ1n) is 8.70. The summed E-state index contributed by atoms with van der Waals surface area (Å²) in [6, 6.07) is 7.22. The summed E-state index contributed by atoms with van der Waals surface area (Å²) >= 11 is 0. The monoisotopic (exact) mass is 383 g/mol. The number of carbonyl (C=O) groups excluding carboxylic acids is 3. The lowest BCUT2D eigenvalue weighted by molar-refractivity contribution is -0.143. The molecule has 2 heterocycles. The molecule has 1 aliphatic rings. The zero-order chi connectivity index (χ0) is 20.4. The Hall–Kier alpha value is -3.42. The second-order valence-corrected chi connectivity index (χ2v) is 6.44. The Balaban J connectivity index is 2.38. The highest BCUT2D eigenvalue weighted by atomic mass is 16.5. The predicted octanol–water partition coefficient (Wildman–Crippen LogP) is 1.27. The van der Waals surface area contributed by atoms with Crippen molar-refractivity contribution < 1.29 is 23.9 Å². The van der Waals surface area contributed by atoms with Crippen LogP contribution in [-0.2, 0) is 25.5 Å². The maximum atomic E-state index is 12.9. The number of nitrogens with zero attached hydrogens (tertiary/aromatic N) is 2. The van der Waals surface area contributed by atoms with Crippen LogP contribution in [0.4, 0.5) is 0 Å². The average molecular weight is 383 g/mol. The van der Waals surface area contributed by atoms with Crippen LogP contribution in [0.3, 0.4) is 0 Å². The fourth-order valence-corrected chi connectivity index (χ4v) is 3.29. The van der Waals surface area contributed by atoms with Gasteiger partial charge in [0.1, 0.15) is 0 Å². The zero-order valence-electron chi connectivity index (χ0n) is 15.9. The molecule has 0 aliphatic carbocycles. The molecular formula is C20H21N3O5. The minimum Gasteiger partial charge on any atom is -0.469 e. The third-order valence-corrected chi connectivity index (χ3v) is 4.79. The van der Waals surface area contributed by atoms with Crippen molar-refractivity contribution >= 4 is 34.4 Å². The smallest absolute Gasteiger partial charge is 0.336 e. The molecule has 0 unspecified atom stereocenters. The van der Waals surface area contributed by atoms with Crippen LogP contribution in [0.15, 0.2) is 29.8 Å². The van der Waals surface area contributed by atoms with Crippen molar-refractivity contribution in [1.29, 1.82) is 0 Å². The van der Waals surface area contributed by atoms with Gasteiger partial charge in [-0.2, -0.15) is 0 Å². The molecule has 0 spiro atoms. The second kappa shape index (κ2) is 7.67. The second-order valence-electron chi connectivity index (χ2n) is 6.44. The van der Waals surface area contributed by atoms with Gasteiger partial charge in [0.2, 0.25) is 0 Å². The molecule has 1 aromatic carbocycles. The van der Waals surface area contributed by atoms with E-state index in [1.807, 2.05) is 12.1 Å². The van der Waals surface area contributed by atoms with Gasteiger partial charge in [-0.1, -0.05) is 18.2 Å². The number of benzene rings is 1. The quantitative estimate of drug-likeness (QED) is 0.625. The normalized spacial score (nSPS) is 14.4. The number of hydrogen-bond donors (Lipinski definition) is 1. The molecule has 0 bridgehead atoms. The zero-order valence-corrected chi connectivity index (χ0v) is 15.9. The Morgan fingerprint density at radius 1 is 1.21 bits per heavy atom. The van der Waals surface area contributed by atoms with E-state index in [-0.39, 0.29) is 23.6 Å². The van der Waals surface area contributed by atoms with Gasteiger partial charge in [-0.3, -0.25) is 14.6 Å². The van der Waals surface area contributed by atoms with Crippen LogP contribution >= 0.6 is 0 Å². The molecule has 2 aromatic rings. The molecular weight excluding hydrogens is 362 g/mol. The lowest BCUT2D eigenvalue weighted by atomic mass is 9.91. The van der Waals surface area contributed by atoms with Crippen LogP contribution in [0.5, 0.6) is 0 Å². The Morgan fingerprint density at radius 2 is 1.93 bits per heavy atom. The number of likely N-dealkylation sites (N-methyl/N-ethyl adjacent to an activating group) is 1. The lowest BCUT2D eigenvalue weighted by Gasteiger charge is -2.27. The molecule has 0 saturated carbocycles. The van der Waals surface area contributed by atoms with Gasteiger partial charge >= 0.3 is 11.9 Å². The summed E-state index contributed by atoms with van der Waals surface area (Å²) < 4.78 is 9.48. The first-order chi connectivity index (χ1) is 13.4. The number of ether oxygens (including phenoxy) is 2. The van der Waals surface area contributed by atoms with Crippen molar-refractivity contribution in [1.82, 2.24) is 9.88 Å². The number of pyridine rings is 1. The van der Waals surface area contributed by atoms with Crippen molar-refractivity contribution in [3.05, 3.63) is 46.7 Å². The number of para-hydroxylation sites is 1. The summed E-state index contributed by atoms with van der Waals surface area (Å²) in [5.74, 6) is -1.63. The SMILES string of the molecule is COC(=O)C/C(C(=O)OC)=C(/N)c1c2c(nc3ccccc13)CCN(C)C2=O. The molecule has 0 fully saturated rings. The minimum atomic E-state index is -0.755. The van der Waals surface area contributed by atoms with Crippen LogP contribution in [-0.4, -0.2) is 55.5 Å². The number of carbonyl (C=O) groups is 3. The Bertz CT molecular complexity index is 1010. The Kier molecular flexibility index (Phi) is 5.30. The van der Waals surface area contributed by atoms with E-state index in [9.17, 15) is 14.4 Å². The molecule has 0 saturated heterocycles. The number of hydrogen-bond acceptors (Lipinski definition) is 7. The summed E-state index contributed by atoms with van der Waals surface area (Å²) in [5, 5.41) is 0.619. The van der Waals surface area contributed by atoms with Gasteiger partial charge in [0.15, 0.2) is 0 Å². The molecule has 1 amide bonds. The fourth-order valence-electron chi connectivity index (χ4n) is 3.29. The number of aromatic nitrogens is 1. The molecule has 8 nitrogen and oxygen atoms in total. The Morgan fingerprint density at radius 3 is 2.61 bits per heavy atom. The summed E-state index contributed by atoms with van der Waals surface area (Å²) in [4.78, 5) is 43.3. The lowest BCUT2D eigenvalue weighted by Crippen LogP contribution is -2.36. The molecule has 8 heteroatoms. The molecule has 0 atom stereocenters. The average Bonchev–Trinajstić information content (AvgIpc) is 2.72. The van der Waals surface area contributed by atoms with Gasteiger partial charge in [0.05, 0.1) is 48.7 Å². The highest BCUT2D eigenvalue weighted by Crippen LogP contribution is 2.33. The van der Waals surface area contributed by atoms with Gasteiger partial charge in [0.25, 0.3) is 5.91 Å². The summed E-state index contributed by atoms with van der Waals surface area (Å²) in [7, 11) is 4.11. The molecule has 146 valence electrons. The molecule has 1 aromatic heterocycles. The molecule has 3 rings (SSSR count). The molecule has 2 N–H and O–H groups in total. The number of rotatable bonds is 4. The molecule has 1 aliphatic heterocycles. The van der Waals surface area contributed by atoms with E-state index in [2.05, 4.69) is 9.72 Å². The van der Waals surface area contributed by atoms with Gasteiger partial charge in [0, 0.05) is 31.0 Å².